The topological polar surface area (TPSA) is 95.9 Å². The smallest absolute Gasteiger partial charge is 0.305 e. The molecule has 3 N–H and O–H groups in total. The number of esters is 1. The lowest BCUT2D eigenvalue weighted by atomic mass is 10.0. The molecule has 0 bridgehead atoms. The van der Waals surface area contributed by atoms with Crippen molar-refractivity contribution >= 4 is 11.9 Å². The fourth-order valence-electron chi connectivity index (χ4n) is 9.64. The second kappa shape index (κ2) is 57.2. The molecule has 0 rings (SSSR count). The maximum absolute atomic E-state index is 12.5. The summed E-state index contributed by atoms with van der Waals surface area (Å²) in [5, 5.41) is 23.3. The molecule has 6 nitrogen and oxygen atoms in total. The van der Waals surface area contributed by atoms with Crippen LogP contribution >= 0.6 is 0 Å². The van der Waals surface area contributed by atoms with Gasteiger partial charge in [-0.25, -0.2) is 0 Å². The first kappa shape index (κ1) is 65.6. The van der Waals surface area contributed by atoms with E-state index in [1.54, 1.807) is 0 Å². The molecule has 0 aromatic carbocycles. The number of carbonyl (C=O) groups excluding carboxylic acids is 2. The summed E-state index contributed by atoms with van der Waals surface area (Å²) < 4.78 is 5.49. The number of ether oxygens (including phenoxy) is 1. The van der Waals surface area contributed by atoms with Crippen LogP contribution in [0.2, 0.25) is 0 Å². The number of rotatable bonds is 57. The molecule has 0 saturated carbocycles. The quantitative estimate of drug-likeness (QED) is 0.0321. The van der Waals surface area contributed by atoms with Crippen LogP contribution < -0.4 is 5.32 Å². The average molecular weight is 947 g/mol. The lowest BCUT2D eigenvalue weighted by Gasteiger charge is -2.22. The number of aliphatic hydroxyl groups excluding tert-OH is 2. The number of unbranched alkanes of at least 4 members (excludes halogenated alkanes) is 44. The molecule has 0 aliphatic rings. The number of allylic oxidation sites excluding steroid dienone is 2. The van der Waals surface area contributed by atoms with Crippen molar-refractivity contribution in [2.45, 2.75) is 353 Å². The van der Waals surface area contributed by atoms with Gasteiger partial charge >= 0.3 is 5.97 Å². The van der Waals surface area contributed by atoms with Crippen molar-refractivity contribution in [2.24, 2.45) is 0 Å². The van der Waals surface area contributed by atoms with Gasteiger partial charge in [0.05, 0.1) is 25.4 Å². The predicted molar refractivity (Wildman–Crippen MR) is 292 cm³/mol. The van der Waals surface area contributed by atoms with Crippen molar-refractivity contribution in [3.05, 3.63) is 12.2 Å². The highest BCUT2D eigenvalue weighted by Gasteiger charge is 2.20. The van der Waals surface area contributed by atoms with Crippen LogP contribution in [0.4, 0.5) is 0 Å². The van der Waals surface area contributed by atoms with Crippen LogP contribution in [0, 0.1) is 0 Å². The van der Waals surface area contributed by atoms with Gasteiger partial charge in [0.15, 0.2) is 0 Å². The summed E-state index contributed by atoms with van der Waals surface area (Å²) in [4.78, 5) is 24.6. The van der Waals surface area contributed by atoms with E-state index in [4.69, 9.17) is 4.74 Å². The van der Waals surface area contributed by atoms with Crippen LogP contribution in [0.3, 0.4) is 0 Å². The summed E-state index contributed by atoms with van der Waals surface area (Å²) in [6, 6.07) is -0.542. The van der Waals surface area contributed by atoms with Gasteiger partial charge in [0.25, 0.3) is 0 Å². The Morgan fingerprint density at radius 3 is 1.06 bits per heavy atom. The second-order valence-corrected chi connectivity index (χ2v) is 21.0. The van der Waals surface area contributed by atoms with Crippen molar-refractivity contribution in [3.63, 3.8) is 0 Å². The molecule has 0 aliphatic carbocycles. The van der Waals surface area contributed by atoms with Gasteiger partial charge in [-0.05, 0) is 51.4 Å². The monoisotopic (exact) mass is 946 g/mol. The van der Waals surface area contributed by atoms with E-state index in [2.05, 4.69) is 31.3 Å². The highest BCUT2D eigenvalue weighted by Crippen LogP contribution is 2.18. The number of nitrogens with one attached hydrogen (secondary N) is 1. The lowest BCUT2D eigenvalue weighted by Crippen LogP contribution is -2.45. The van der Waals surface area contributed by atoms with Gasteiger partial charge in [-0.1, -0.05) is 289 Å². The van der Waals surface area contributed by atoms with Crippen molar-refractivity contribution in [2.75, 3.05) is 13.2 Å². The van der Waals surface area contributed by atoms with Gasteiger partial charge in [-0.15, -0.1) is 0 Å². The van der Waals surface area contributed by atoms with Crippen LogP contribution in [0.15, 0.2) is 12.2 Å². The van der Waals surface area contributed by atoms with Crippen molar-refractivity contribution in [1.29, 1.82) is 0 Å². The number of hydrogen-bond acceptors (Lipinski definition) is 5. The molecule has 2 unspecified atom stereocenters. The summed E-state index contributed by atoms with van der Waals surface area (Å²) in [7, 11) is 0. The van der Waals surface area contributed by atoms with Gasteiger partial charge in [-0.2, -0.15) is 0 Å². The molecule has 2 atom stereocenters. The van der Waals surface area contributed by atoms with Crippen LogP contribution in [-0.4, -0.2) is 47.4 Å². The molecule has 0 aromatic heterocycles. The molecule has 0 aromatic rings. The first-order valence-electron chi connectivity index (χ1n) is 30.4. The third-order valence-corrected chi connectivity index (χ3v) is 14.3. The predicted octanol–water partition coefficient (Wildman–Crippen LogP) is 18.9. The SMILES string of the molecule is CCCCCCCC/C=C\CCCCCCCCCC(=O)OCCCCCCCCCCCCCCCCCCCCCC(=O)NC(CO)C(O)CCCCCCCCCCCCCCCC. The Labute approximate surface area is 419 Å². The molecule has 398 valence electrons. The Bertz CT molecular complexity index is 1000. The first-order valence-corrected chi connectivity index (χ1v) is 30.4. The number of hydrogen-bond donors (Lipinski definition) is 3. The zero-order chi connectivity index (χ0) is 48.6. The minimum Gasteiger partial charge on any atom is -0.466 e. The molecule has 0 aliphatic heterocycles. The number of carbonyl (C=O) groups is 2. The van der Waals surface area contributed by atoms with Crippen molar-refractivity contribution < 1.29 is 24.5 Å². The van der Waals surface area contributed by atoms with E-state index in [0.29, 0.717) is 25.9 Å². The van der Waals surface area contributed by atoms with E-state index in [9.17, 15) is 19.8 Å². The summed E-state index contributed by atoms with van der Waals surface area (Å²) in [5.74, 6) is -0.0295. The summed E-state index contributed by atoms with van der Waals surface area (Å²) in [6.45, 7) is 4.96. The van der Waals surface area contributed by atoms with Gasteiger partial charge in [0.1, 0.15) is 0 Å². The van der Waals surface area contributed by atoms with Crippen LogP contribution in [0.25, 0.3) is 0 Å². The maximum Gasteiger partial charge on any atom is 0.305 e. The molecule has 0 spiro atoms. The Balaban J connectivity index is 3.38. The molecule has 0 heterocycles. The zero-order valence-electron chi connectivity index (χ0n) is 45.4. The first-order chi connectivity index (χ1) is 33.0. The fraction of sp³-hybridized carbons (Fsp3) is 0.934. The van der Waals surface area contributed by atoms with Gasteiger partial charge in [-0.3, -0.25) is 9.59 Å². The van der Waals surface area contributed by atoms with Gasteiger partial charge < -0.3 is 20.3 Å². The number of amides is 1. The molecular weight excluding hydrogens is 827 g/mol. The van der Waals surface area contributed by atoms with E-state index < -0.39 is 12.1 Å². The molecule has 0 fully saturated rings. The summed E-state index contributed by atoms with van der Waals surface area (Å²) >= 11 is 0. The van der Waals surface area contributed by atoms with Crippen LogP contribution in [0.1, 0.15) is 341 Å². The third kappa shape index (κ3) is 53.8. The molecule has 1 amide bonds. The second-order valence-electron chi connectivity index (χ2n) is 21.0. The van der Waals surface area contributed by atoms with Gasteiger partial charge in [0.2, 0.25) is 5.91 Å². The molecule has 0 radical (unpaired) electrons. The summed E-state index contributed by atoms with van der Waals surface area (Å²) in [6.07, 6.45) is 67.8. The maximum atomic E-state index is 12.5. The number of aliphatic hydroxyl groups is 2. The Hall–Kier alpha value is -1.40. The largest absolute Gasteiger partial charge is 0.466 e. The minimum absolute atomic E-state index is 0.00645. The standard InChI is InChI=1S/C61H119NO5/c1-3-5-7-9-11-13-15-17-19-23-27-31-35-39-43-47-51-55-61(66)67-56-52-48-44-40-36-32-28-25-22-20-21-24-26-30-34-38-42-46-50-54-60(65)62-58(57-63)59(64)53-49-45-41-37-33-29-18-16-14-12-10-8-6-4-2/h17,19,58-59,63-64H,3-16,18,20-57H2,1-2H3,(H,62,65)/b19-17-. The van der Waals surface area contributed by atoms with E-state index in [1.165, 1.54) is 263 Å². The highest BCUT2D eigenvalue weighted by atomic mass is 16.5. The molecule has 0 saturated heterocycles. The van der Waals surface area contributed by atoms with E-state index in [1.807, 2.05) is 0 Å². The Morgan fingerprint density at radius 2 is 0.701 bits per heavy atom. The molecule has 6 heteroatoms. The van der Waals surface area contributed by atoms with Crippen LogP contribution in [-0.2, 0) is 14.3 Å². The van der Waals surface area contributed by atoms with Crippen molar-refractivity contribution in [3.8, 4) is 0 Å². The molecular formula is C61H119NO5. The van der Waals surface area contributed by atoms with E-state index in [0.717, 1.165) is 44.9 Å². The Kier molecular flexibility index (Phi) is 56.0. The van der Waals surface area contributed by atoms with E-state index >= 15 is 0 Å². The fourth-order valence-corrected chi connectivity index (χ4v) is 9.64. The summed E-state index contributed by atoms with van der Waals surface area (Å²) in [5.41, 5.74) is 0. The van der Waals surface area contributed by atoms with Crippen molar-refractivity contribution in [1.82, 2.24) is 5.32 Å². The minimum atomic E-state index is -0.665. The average Bonchev–Trinajstić information content (AvgIpc) is 3.33. The normalized spacial score (nSPS) is 12.6. The lowest BCUT2D eigenvalue weighted by molar-refractivity contribution is -0.143. The van der Waals surface area contributed by atoms with Crippen LogP contribution in [0.5, 0.6) is 0 Å². The molecule has 67 heavy (non-hydrogen) atoms. The Morgan fingerprint density at radius 1 is 0.403 bits per heavy atom. The third-order valence-electron chi connectivity index (χ3n) is 14.3. The van der Waals surface area contributed by atoms with E-state index in [-0.39, 0.29) is 18.5 Å². The highest BCUT2D eigenvalue weighted by molar-refractivity contribution is 5.76. The van der Waals surface area contributed by atoms with Gasteiger partial charge in [0, 0.05) is 12.8 Å². The zero-order valence-corrected chi connectivity index (χ0v) is 45.4.